The van der Waals surface area contributed by atoms with Crippen molar-refractivity contribution in [2.24, 2.45) is 0 Å². The van der Waals surface area contributed by atoms with Crippen LogP contribution < -0.4 is 10.6 Å². The summed E-state index contributed by atoms with van der Waals surface area (Å²) in [6.07, 6.45) is 2.92. The lowest BCUT2D eigenvalue weighted by molar-refractivity contribution is 0.231. The Morgan fingerprint density at radius 2 is 1.41 bits per heavy atom. The van der Waals surface area contributed by atoms with E-state index >= 15 is 0 Å². The molecule has 0 amide bonds. The zero-order valence-corrected chi connectivity index (χ0v) is 11.2. The third kappa shape index (κ3) is 4.92. The molecule has 1 saturated carbocycles. The van der Waals surface area contributed by atoms with Crippen LogP contribution in [0.2, 0.25) is 0 Å². The minimum atomic E-state index is 0.979. The third-order valence-corrected chi connectivity index (χ3v) is 3.87. The standard InChI is InChI=1S/C7H14N2.C6H14N2/c1-2-7(1)9-5-3-8-4-6-9;1-2-8-5-3-7-4-6-8/h7-8H,1-6H2;7H,2-6H2,1H3. The number of hydrogen-bond acceptors (Lipinski definition) is 4. The van der Waals surface area contributed by atoms with Gasteiger partial charge in [0, 0.05) is 58.4 Å². The van der Waals surface area contributed by atoms with Crippen LogP contribution in [0.4, 0.5) is 0 Å². The van der Waals surface area contributed by atoms with Crippen LogP contribution in [0.1, 0.15) is 19.8 Å². The van der Waals surface area contributed by atoms with Crippen LogP contribution in [0.15, 0.2) is 0 Å². The minimum Gasteiger partial charge on any atom is -0.314 e. The van der Waals surface area contributed by atoms with Crippen LogP contribution in [0.3, 0.4) is 0 Å². The van der Waals surface area contributed by atoms with E-state index in [0.717, 1.165) is 6.04 Å². The van der Waals surface area contributed by atoms with Crippen molar-refractivity contribution < 1.29 is 0 Å². The number of piperazine rings is 2. The Hall–Kier alpha value is -0.160. The summed E-state index contributed by atoms with van der Waals surface area (Å²) in [5, 5.41) is 6.66. The van der Waals surface area contributed by atoms with Crippen molar-refractivity contribution in [2.75, 3.05) is 58.9 Å². The minimum absolute atomic E-state index is 0.979. The van der Waals surface area contributed by atoms with E-state index in [4.69, 9.17) is 0 Å². The summed E-state index contributed by atoms with van der Waals surface area (Å²) in [5.74, 6) is 0. The van der Waals surface area contributed by atoms with Gasteiger partial charge < -0.3 is 15.5 Å². The molecule has 17 heavy (non-hydrogen) atoms. The number of nitrogens with zero attached hydrogens (tertiary/aromatic N) is 2. The molecule has 0 bridgehead atoms. The van der Waals surface area contributed by atoms with Gasteiger partial charge in [0.05, 0.1) is 0 Å². The predicted octanol–water partition coefficient (Wildman–Crippen LogP) is -0.0345. The number of rotatable bonds is 2. The van der Waals surface area contributed by atoms with Gasteiger partial charge in [-0.2, -0.15) is 0 Å². The first-order valence-electron chi connectivity index (χ1n) is 7.28. The van der Waals surface area contributed by atoms with Crippen LogP contribution in [-0.2, 0) is 0 Å². The maximum absolute atomic E-state index is 3.36. The van der Waals surface area contributed by atoms with Crippen LogP contribution >= 0.6 is 0 Å². The molecule has 1 aliphatic carbocycles. The lowest BCUT2D eigenvalue weighted by Crippen LogP contribution is -2.44. The second-order valence-electron chi connectivity index (χ2n) is 5.20. The Bertz CT molecular complexity index is 194. The Morgan fingerprint density at radius 1 is 0.882 bits per heavy atom. The molecule has 0 atom stereocenters. The average molecular weight is 240 g/mol. The van der Waals surface area contributed by atoms with Crippen molar-refractivity contribution in [2.45, 2.75) is 25.8 Å². The molecule has 0 aromatic rings. The van der Waals surface area contributed by atoms with Crippen LogP contribution in [0, 0.1) is 0 Å². The van der Waals surface area contributed by atoms with Gasteiger partial charge in [-0.1, -0.05) is 6.92 Å². The molecule has 0 aromatic carbocycles. The van der Waals surface area contributed by atoms with E-state index in [1.54, 1.807) is 0 Å². The van der Waals surface area contributed by atoms with E-state index in [9.17, 15) is 0 Å². The van der Waals surface area contributed by atoms with Crippen molar-refractivity contribution >= 4 is 0 Å². The fraction of sp³-hybridized carbons (Fsp3) is 1.00. The predicted molar refractivity (Wildman–Crippen MR) is 72.4 cm³/mol. The summed E-state index contributed by atoms with van der Waals surface area (Å²) in [7, 11) is 0. The van der Waals surface area contributed by atoms with Crippen molar-refractivity contribution in [3.63, 3.8) is 0 Å². The molecule has 3 rings (SSSR count). The van der Waals surface area contributed by atoms with Gasteiger partial charge in [0.25, 0.3) is 0 Å². The van der Waals surface area contributed by atoms with E-state index in [-0.39, 0.29) is 0 Å². The van der Waals surface area contributed by atoms with E-state index in [1.807, 2.05) is 0 Å². The first-order chi connectivity index (χ1) is 8.40. The van der Waals surface area contributed by atoms with Gasteiger partial charge >= 0.3 is 0 Å². The molecule has 0 unspecified atom stereocenters. The van der Waals surface area contributed by atoms with Gasteiger partial charge in [0.2, 0.25) is 0 Å². The fourth-order valence-electron chi connectivity index (χ4n) is 2.51. The molecule has 3 aliphatic rings. The summed E-state index contributed by atoms with van der Waals surface area (Å²) in [6, 6.07) is 0.979. The number of nitrogens with one attached hydrogen (secondary N) is 2. The molecule has 0 spiro atoms. The van der Waals surface area contributed by atoms with Crippen LogP contribution in [0.25, 0.3) is 0 Å². The molecule has 2 heterocycles. The first-order valence-corrected chi connectivity index (χ1v) is 7.28. The highest BCUT2D eigenvalue weighted by atomic mass is 15.2. The molecule has 100 valence electrons. The lowest BCUT2D eigenvalue weighted by atomic mass is 10.3. The van der Waals surface area contributed by atoms with Crippen molar-refractivity contribution in [3.8, 4) is 0 Å². The van der Waals surface area contributed by atoms with Gasteiger partial charge in [-0.3, -0.25) is 4.90 Å². The van der Waals surface area contributed by atoms with Crippen molar-refractivity contribution in [1.29, 1.82) is 0 Å². The van der Waals surface area contributed by atoms with Gasteiger partial charge in [0.15, 0.2) is 0 Å². The van der Waals surface area contributed by atoms with Crippen molar-refractivity contribution in [3.05, 3.63) is 0 Å². The molecule has 4 heteroatoms. The highest BCUT2D eigenvalue weighted by Crippen LogP contribution is 2.26. The zero-order chi connectivity index (χ0) is 11.9. The molecule has 2 aliphatic heterocycles. The van der Waals surface area contributed by atoms with Crippen LogP contribution in [0.5, 0.6) is 0 Å². The summed E-state index contributed by atoms with van der Waals surface area (Å²) in [5.41, 5.74) is 0. The summed E-state index contributed by atoms with van der Waals surface area (Å²) in [4.78, 5) is 5.06. The summed E-state index contributed by atoms with van der Waals surface area (Å²) in [6.45, 7) is 13.2. The maximum atomic E-state index is 3.36. The average Bonchev–Trinajstić information content (AvgIpc) is 3.26. The molecule has 2 saturated heterocycles. The number of likely N-dealkylation sites (N-methyl/N-ethyl adjacent to an activating group) is 1. The highest BCUT2D eigenvalue weighted by Gasteiger charge is 2.28. The monoisotopic (exact) mass is 240 g/mol. The number of hydrogen-bond donors (Lipinski definition) is 2. The molecular weight excluding hydrogens is 212 g/mol. The maximum Gasteiger partial charge on any atom is 0.0110 e. The second kappa shape index (κ2) is 7.31. The molecule has 4 nitrogen and oxygen atoms in total. The fourth-order valence-corrected chi connectivity index (χ4v) is 2.51. The van der Waals surface area contributed by atoms with Gasteiger partial charge in [0.1, 0.15) is 0 Å². The Balaban J connectivity index is 0.000000128. The normalized spacial score (nSPS) is 27.4. The summed E-state index contributed by atoms with van der Waals surface area (Å²) >= 11 is 0. The molecule has 2 N–H and O–H groups in total. The SMILES string of the molecule is C1CN(C2CC2)CCN1.CCN1CCNCC1. The van der Waals surface area contributed by atoms with E-state index in [0.29, 0.717) is 0 Å². The smallest absolute Gasteiger partial charge is 0.0110 e. The molecule has 0 radical (unpaired) electrons. The molecular formula is C13H28N4. The van der Waals surface area contributed by atoms with Gasteiger partial charge in [-0.05, 0) is 19.4 Å². The van der Waals surface area contributed by atoms with Crippen molar-refractivity contribution in [1.82, 2.24) is 20.4 Å². The first kappa shape index (κ1) is 13.3. The summed E-state index contributed by atoms with van der Waals surface area (Å²) < 4.78 is 0. The quantitative estimate of drug-likeness (QED) is 0.709. The Kier molecular flexibility index (Phi) is 5.71. The van der Waals surface area contributed by atoms with Gasteiger partial charge in [-0.25, -0.2) is 0 Å². The largest absolute Gasteiger partial charge is 0.314 e. The second-order valence-corrected chi connectivity index (χ2v) is 5.20. The van der Waals surface area contributed by atoms with Crippen LogP contribution in [-0.4, -0.2) is 74.7 Å². The van der Waals surface area contributed by atoms with Gasteiger partial charge in [-0.15, -0.1) is 0 Å². The van der Waals surface area contributed by atoms with E-state index in [1.165, 1.54) is 71.7 Å². The zero-order valence-electron chi connectivity index (χ0n) is 11.2. The topological polar surface area (TPSA) is 30.5 Å². The van der Waals surface area contributed by atoms with E-state index in [2.05, 4.69) is 27.4 Å². The molecule has 3 fully saturated rings. The lowest BCUT2D eigenvalue weighted by Gasteiger charge is -2.26. The Morgan fingerprint density at radius 3 is 1.82 bits per heavy atom. The molecule has 0 aromatic heterocycles. The highest BCUT2D eigenvalue weighted by molar-refractivity contribution is 4.86. The third-order valence-electron chi connectivity index (χ3n) is 3.87. The Labute approximate surface area is 106 Å². The van der Waals surface area contributed by atoms with E-state index < -0.39 is 0 Å².